The molecule has 3 aromatic rings. The van der Waals surface area contributed by atoms with Crippen LogP contribution in [0.5, 0.6) is 0 Å². The minimum absolute atomic E-state index is 0.147. The Labute approximate surface area is 313 Å². The van der Waals surface area contributed by atoms with Crippen molar-refractivity contribution in [1.82, 2.24) is 0 Å². The first kappa shape index (κ1) is 38.3. The Balaban J connectivity index is 1.29. The maximum atomic E-state index is 7.82. The molecular weight excluding hydrogens is 637 g/mol. The minimum Gasteiger partial charge on any atom is -0.413 e. The highest BCUT2D eigenvalue weighted by atomic mass is 28.4. The Kier molecular flexibility index (Phi) is 11.3. The molecular formula is C48H68O2Si. The minimum atomic E-state index is -2.03. The van der Waals surface area contributed by atoms with Crippen molar-refractivity contribution in [2.24, 2.45) is 34.5 Å². The molecule has 0 radical (unpaired) electrons. The molecule has 0 aliphatic heterocycles. The van der Waals surface area contributed by atoms with Crippen molar-refractivity contribution in [3.8, 4) is 0 Å². The van der Waals surface area contributed by atoms with Gasteiger partial charge in [0.2, 0.25) is 8.32 Å². The third-order valence-electron chi connectivity index (χ3n) is 14.8. The quantitative estimate of drug-likeness (QED) is 0.0763. The SMILES string of the molecule is C=C1C[C@@H]2[C@](C)(C1)[C@H](O[Si](C(C)C)(C(C)C)C(C)C)C[C@H]1CC[C@H](C)[C@@H](CCCOC(c3ccccc3)(c3ccccc3)c3ccccc3)[C@@]12C. The van der Waals surface area contributed by atoms with Gasteiger partial charge in [-0.2, -0.15) is 0 Å². The second-order valence-corrected chi connectivity index (χ2v) is 23.8. The average molecular weight is 705 g/mol. The Morgan fingerprint density at radius 2 is 1.25 bits per heavy atom. The zero-order valence-corrected chi connectivity index (χ0v) is 34.5. The van der Waals surface area contributed by atoms with Crippen LogP contribution in [0.25, 0.3) is 0 Å². The summed E-state index contributed by atoms with van der Waals surface area (Å²) in [6, 6.07) is 32.6. The first-order valence-corrected chi connectivity index (χ1v) is 22.6. The average Bonchev–Trinajstić information content (AvgIpc) is 3.45. The molecule has 0 saturated heterocycles. The lowest BCUT2D eigenvalue weighted by molar-refractivity contribution is -0.169. The Hall–Kier alpha value is -2.46. The molecule has 0 bridgehead atoms. The van der Waals surface area contributed by atoms with E-state index in [1.54, 1.807) is 0 Å². The van der Waals surface area contributed by atoms with Crippen molar-refractivity contribution in [3.05, 3.63) is 120 Å². The number of benzene rings is 3. The van der Waals surface area contributed by atoms with Crippen molar-refractivity contribution in [2.75, 3.05) is 6.61 Å². The lowest BCUT2D eigenvalue weighted by Gasteiger charge is -2.64. The molecule has 0 aromatic heterocycles. The Morgan fingerprint density at radius 3 is 1.73 bits per heavy atom. The second-order valence-electron chi connectivity index (χ2n) is 18.3. The summed E-state index contributed by atoms with van der Waals surface area (Å²) in [4.78, 5) is 0. The molecule has 3 aliphatic carbocycles. The molecule has 0 amide bonds. The van der Waals surface area contributed by atoms with Crippen molar-refractivity contribution in [1.29, 1.82) is 0 Å². The third-order valence-corrected chi connectivity index (χ3v) is 20.9. The fraction of sp³-hybridized carbons (Fsp3) is 0.583. The van der Waals surface area contributed by atoms with Crippen LogP contribution in [0.15, 0.2) is 103 Å². The number of hydrogen-bond donors (Lipinski definition) is 0. The van der Waals surface area contributed by atoms with Gasteiger partial charge in [0, 0.05) is 6.61 Å². The molecule has 3 fully saturated rings. The number of hydrogen-bond acceptors (Lipinski definition) is 2. The zero-order valence-electron chi connectivity index (χ0n) is 33.5. The van der Waals surface area contributed by atoms with E-state index in [2.05, 4.69) is 153 Å². The molecule has 7 atom stereocenters. The van der Waals surface area contributed by atoms with Crippen LogP contribution in [0.3, 0.4) is 0 Å². The van der Waals surface area contributed by atoms with Crippen LogP contribution >= 0.6 is 0 Å². The molecule has 3 aliphatic rings. The van der Waals surface area contributed by atoms with Gasteiger partial charge < -0.3 is 9.16 Å². The summed E-state index contributed by atoms with van der Waals surface area (Å²) in [6.45, 7) is 28.0. The van der Waals surface area contributed by atoms with Gasteiger partial charge >= 0.3 is 0 Å². The van der Waals surface area contributed by atoms with Gasteiger partial charge in [0.1, 0.15) is 5.60 Å². The molecule has 0 heterocycles. The monoisotopic (exact) mass is 704 g/mol. The molecule has 3 aromatic carbocycles. The van der Waals surface area contributed by atoms with Crippen molar-refractivity contribution < 1.29 is 9.16 Å². The second kappa shape index (κ2) is 15.1. The van der Waals surface area contributed by atoms with Gasteiger partial charge in [-0.25, -0.2) is 0 Å². The van der Waals surface area contributed by atoms with Gasteiger partial charge in [0.15, 0.2) is 0 Å². The van der Waals surface area contributed by atoms with Crippen molar-refractivity contribution in [3.63, 3.8) is 0 Å². The van der Waals surface area contributed by atoms with Gasteiger partial charge in [0.25, 0.3) is 0 Å². The van der Waals surface area contributed by atoms with Gasteiger partial charge in [-0.3, -0.25) is 0 Å². The first-order valence-electron chi connectivity index (χ1n) is 20.5. The van der Waals surface area contributed by atoms with E-state index in [4.69, 9.17) is 15.7 Å². The van der Waals surface area contributed by atoms with Crippen molar-refractivity contribution in [2.45, 2.75) is 136 Å². The smallest absolute Gasteiger partial charge is 0.200 e. The van der Waals surface area contributed by atoms with Gasteiger partial charge in [-0.1, -0.05) is 172 Å². The topological polar surface area (TPSA) is 18.5 Å². The van der Waals surface area contributed by atoms with Crippen LogP contribution in [0.4, 0.5) is 0 Å². The molecule has 0 N–H and O–H groups in total. The molecule has 0 spiro atoms. The molecule has 276 valence electrons. The lowest BCUT2D eigenvalue weighted by atomic mass is 9.43. The summed E-state index contributed by atoms with van der Waals surface area (Å²) in [6.07, 6.45) is 8.77. The number of rotatable bonds is 13. The molecule has 51 heavy (non-hydrogen) atoms. The van der Waals surface area contributed by atoms with E-state index in [1.807, 2.05) is 0 Å². The summed E-state index contributed by atoms with van der Waals surface area (Å²) in [5.41, 5.74) is 6.58. The maximum Gasteiger partial charge on any atom is 0.200 e. The van der Waals surface area contributed by atoms with Crippen LogP contribution in [0, 0.1) is 34.5 Å². The van der Waals surface area contributed by atoms with Gasteiger partial charge in [-0.05, 0) is 106 Å². The largest absolute Gasteiger partial charge is 0.413 e. The standard InChI is InChI=1S/C48H68O2Si/c1-34(2)51(35(3)4,36(5)6)50-45-32-42-29-28-38(8)43(47(42,10)44-31-37(7)33-46(44,45)9)27-20-30-49-48(39-21-14-11-15-22-39,40-23-16-12-17-24-40)41-25-18-13-19-26-41/h11-19,21-26,34-36,38,42-45H,7,20,27-33H2,1-6,8-10H3/t38-,42+,43+,44+,45+,46-,47+/m0/s1. The van der Waals surface area contributed by atoms with Crippen LogP contribution in [-0.4, -0.2) is 21.0 Å². The highest BCUT2D eigenvalue weighted by Gasteiger charge is 2.65. The zero-order chi connectivity index (χ0) is 36.6. The fourth-order valence-corrected chi connectivity index (χ4v) is 18.3. The van der Waals surface area contributed by atoms with Crippen LogP contribution < -0.4 is 0 Å². The van der Waals surface area contributed by atoms with Gasteiger partial charge in [0.05, 0.1) is 6.10 Å². The molecule has 2 nitrogen and oxygen atoms in total. The van der Waals surface area contributed by atoms with E-state index in [0.717, 1.165) is 12.8 Å². The first-order chi connectivity index (χ1) is 24.3. The molecule has 3 saturated carbocycles. The predicted molar refractivity (Wildman–Crippen MR) is 218 cm³/mol. The fourth-order valence-electron chi connectivity index (χ4n) is 12.6. The summed E-state index contributed by atoms with van der Waals surface area (Å²) in [5, 5.41) is 0. The number of allylic oxidation sites excluding steroid dienone is 1. The molecule has 0 unspecified atom stereocenters. The van der Waals surface area contributed by atoms with E-state index in [9.17, 15) is 0 Å². The Morgan fingerprint density at radius 1 is 0.765 bits per heavy atom. The third kappa shape index (κ3) is 6.56. The number of fused-ring (bicyclic) bond motifs is 3. The van der Waals surface area contributed by atoms with Gasteiger partial charge in [-0.15, -0.1) is 0 Å². The van der Waals surface area contributed by atoms with E-state index in [0.29, 0.717) is 53.0 Å². The highest BCUT2D eigenvalue weighted by molar-refractivity contribution is 6.77. The van der Waals surface area contributed by atoms with E-state index >= 15 is 0 Å². The summed E-state index contributed by atoms with van der Waals surface area (Å²) in [7, 11) is -2.03. The summed E-state index contributed by atoms with van der Waals surface area (Å²) in [5.74, 6) is 2.69. The Bertz CT molecular complexity index is 1460. The number of ether oxygens (including phenoxy) is 1. The van der Waals surface area contributed by atoms with Crippen LogP contribution in [0.1, 0.15) is 124 Å². The van der Waals surface area contributed by atoms with E-state index in [-0.39, 0.29) is 10.8 Å². The van der Waals surface area contributed by atoms with E-state index < -0.39 is 13.9 Å². The summed E-state index contributed by atoms with van der Waals surface area (Å²) < 4.78 is 15.1. The summed E-state index contributed by atoms with van der Waals surface area (Å²) >= 11 is 0. The lowest BCUT2D eigenvalue weighted by Crippen LogP contribution is -2.62. The highest BCUT2D eigenvalue weighted by Crippen LogP contribution is 2.70. The van der Waals surface area contributed by atoms with Crippen LogP contribution in [0.2, 0.25) is 16.6 Å². The van der Waals surface area contributed by atoms with E-state index in [1.165, 1.54) is 54.4 Å². The predicted octanol–water partition coefficient (Wildman–Crippen LogP) is 13.4. The maximum absolute atomic E-state index is 7.82. The molecule has 3 heteroatoms. The van der Waals surface area contributed by atoms with Crippen molar-refractivity contribution >= 4 is 8.32 Å². The normalized spacial score (nSPS) is 29.8. The van der Waals surface area contributed by atoms with Crippen LogP contribution in [-0.2, 0) is 14.8 Å². The molecule has 6 rings (SSSR count).